The molecule has 0 radical (unpaired) electrons. The van der Waals surface area contributed by atoms with Gasteiger partial charge in [-0.05, 0) is 0 Å². The van der Waals surface area contributed by atoms with E-state index in [9.17, 15) is 0 Å². The molecular formula is C4H5Br2NS. The molecule has 0 saturated heterocycles. The third kappa shape index (κ3) is 2.33. The zero-order valence-corrected chi connectivity index (χ0v) is 8.01. The summed E-state index contributed by atoms with van der Waals surface area (Å²) < 4.78 is 0. The average molecular weight is 259 g/mol. The number of hydrogen-bond donors (Lipinski definition) is 1. The van der Waals surface area contributed by atoms with Gasteiger partial charge < -0.3 is 17.0 Å². The van der Waals surface area contributed by atoms with Gasteiger partial charge in [0.25, 0.3) is 0 Å². The molecule has 0 aromatic rings. The van der Waals surface area contributed by atoms with Gasteiger partial charge in [-0.25, -0.2) is 4.99 Å². The van der Waals surface area contributed by atoms with Crippen LogP contribution >= 0.6 is 27.7 Å². The van der Waals surface area contributed by atoms with Crippen LogP contribution in [0.4, 0.5) is 0 Å². The van der Waals surface area contributed by atoms with Crippen LogP contribution in [0.5, 0.6) is 0 Å². The van der Waals surface area contributed by atoms with Crippen LogP contribution in [-0.4, -0.2) is 11.3 Å². The van der Waals surface area contributed by atoms with Gasteiger partial charge in [-0.2, -0.15) is 0 Å². The van der Waals surface area contributed by atoms with Gasteiger partial charge in [0.2, 0.25) is 5.55 Å². The van der Waals surface area contributed by atoms with Crippen molar-refractivity contribution in [2.24, 2.45) is 0 Å². The Balaban J connectivity index is 0.000000490. The molecular weight excluding hydrogens is 254 g/mol. The summed E-state index contributed by atoms with van der Waals surface area (Å²) in [5, 5.41) is 0. The standard InChI is InChI=1S/C4H4BrNS.BrH/c5-1-4-2-7-3-6-4;/h1,3H,2H2;1H. The Morgan fingerprint density at radius 2 is 2.62 bits per heavy atom. The smallest absolute Gasteiger partial charge is 0.202 e. The average Bonchev–Trinajstić information content (AvgIpc) is 2.14. The lowest BCUT2D eigenvalue weighted by molar-refractivity contribution is -0.383. The van der Waals surface area contributed by atoms with Crippen molar-refractivity contribution in [3.05, 3.63) is 10.7 Å². The third-order valence-electron chi connectivity index (χ3n) is 0.698. The van der Waals surface area contributed by atoms with Crippen molar-refractivity contribution < 1.29 is 22.0 Å². The molecule has 1 nitrogen and oxygen atoms in total. The van der Waals surface area contributed by atoms with Crippen molar-refractivity contribution in [2.45, 2.75) is 0 Å². The van der Waals surface area contributed by atoms with Crippen molar-refractivity contribution in [2.75, 3.05) is 5.75 Å². The molecule has 1 N–H and O–H groups in total. The van der Waals surface area contributed by atoms with Crippen LogP contribution in [0.25, 0.3) is 0 Å². The Morgan fingerprint density at radius 3 is 2.88 bits per heavy atom. The van der Waals surface area contributed by atoms with Gasteiger partial charge in [-0.1, -0.05) is 27.7 Å². The highest BCUT2D eigenvalue weighted by molar-refractivity contribution is 9.11. The summed E-state index contributed by atoms with van der Waals surface area (Å²) >= 11 is 4.99. The van der Waals surface area contributed by atoms with Crippen molar-refractivity contribution in [1.29, 1.82) is 0 Å². The van der Waals surface area contributed by atoms with Crippen LogP contribution in [-0.2, 0) is 0 Å². The van der Waals surface area contributed by atoms with E-state index < -0.39 is 0 Å². The van der Waals surface area contributed by atoms with Crippen molar-refractivity contribution in [3.8, 4) is 0 Å². The van der Waals surface area contributed by atoms with Crippen LogP contribution in [0, 0.1) is 0 Å². The minimum atomic E-state index is 0. The number of halogens is 2. The highest BCUT2D eigenvalue weighted by Gasteiger charge is 2.05. The molecule has 46 valence electrons. The quantitative estimate of drug-likeness (QED) is 0.492. The van der Waals surface area contributed by atoms with Crippen LogP contribution in [0.2, 0.25) is 0 Å². The van der Waals surface area contributed by atoms with E-state index in [1.807, 2.05) is 10.5 Å². The predicted molar refractivity (Wildman–Crippen MR) is 36.5 cm³/mol. The largest absolute Gasteiger partial charge is 1.00 e. The minimum Gasteiger partial charge on any atom is -1.00 e. The van der Waals surface area contributed by atoms with Crippen LogP contribution in [0.15, 0.2) is 10.7 Å². The zero-order valence-electron chi connectivity index (χ0n) is 4.03. The Kier molecular flexibility index (Phi) is 5.00. The first-order valence-electron chi connectivity index (χ1n) is 1.92. The van der Waals surface area contributed by atoms with E-state index in [4.69, 9.17) is 0 Å². The first kappa shape index (κ1) is 8.72. The van der Waals surface area contributed by atoms with E-state index in [0.29, 0.717) is 0 Å². The lowest BCUT2D eigenvalue weighted by Crippen LogP contribution is -3.00. The molecule has 0 fully saturated rings. The van der Waals surface area contributed by atoms with Crippen LogP contribution in [0.1, 0.15) is 0 Å². The van der Waals surface area contributed by atoms with Gasteiger partial charge in [0.15, 0.2) is 5.70 Å². The maximum absolute atomic E-state index is 3.22. The molecule has 0 aromatic carbocycles. The Hall–Kier alpha value is 0.720. The molecule has 0 atom stereocenters. The Bertz CT molecular complexity index is 118. The second-order valence-corrected chi connectivity index (χ2v) is 2.52. The maximum atomic E-state index is 3.22. The fourth-order valence-corrected chi connectivity index (χ4v) is 1.53. The van der Waals surface area contributed by atoms with E-state index in [1.165, 1.54) is 5.70 Å². The molecule has 4 heteroatoms. The molecule has 0 saturated carbocycles. The third-order valence-corrected chi connectivity index (χ3v) is 2.01. The molecule has 1 aliphatic rings. The van der Waals surface area contributed by atoms with Gasteiger partial charge in [-0.3, -0.25) is 0 Å². The number of nitrogens with one attached hydrogen (secondary N) is 1. The molecule has 1 heterocycles. The Labute approximate surface area is 71.5 Å². The predicted octanol–water partition coefficient (Wildman–Crippen LogP) is -2.92. The van der Waals surface area contributed by atoms with Gasteiger partial charge in [0, 0.05) is 4.99 Å². The lowest BCUT2D eigenvalue weighted by atomic mass is 10.6. The summed E-state index contributed by atoms with van der Waals surface area (Å²) in [6.45, 7) is 0. The van der Waals surface area contributed by atoms with Gasteiger partial charge in [0.05, 0.1) is 5.75 Å². The normalized spacial score (nSPS) is 21.4. The number of hydrogen-bond acceptors (Lipinski definition) is 1. The van der Waals surface area contributed by atoms with E-state index in [0.717, 1.165) is 5.75 Å². The van der Waals surface area contributed by atoms with E-state index in [1.54, 1.807) is 11.8 Å². The fourth-order valence-electron chi connectivity index (χ4n) is 0.353. The zero-order chi connectivity index (χ0) is 5.11. The summed E-state index contributed by atoms with van der Waals surface area (Å²) in [5.74, 6) is 1.07. The topological polar surface area (TPSA) is 14.0 Å². The minimum absolute atomic E-state index is 0. The molecule has 0 aliphatic carbocycles. The second kappa shape index (κ2) is 4.58. The molecule has 0 aromatic heterocycles. The number of thioether (sulfide) groups is 1. The highest BCUT2D eigenvalue weighted by Crippen LogP contribution is 2.01. The van der Waals surface area contributed by atoms with E-state index in [-0.39, 0.29) is 17.0 Å². The van der Waals surface area contributed by atoms with Crippen LogP contribution in [0.3, 0.4) is 0 Å². The van der Waals surface area contributed by atoms with E-state index >= 15 is 0 Å². The summed E-state index contributed by atoms with van der Waals surface area (Å²) in [6, 6.07) is 0. The second-order valence-electron chi connectivity index (χ2n) is 1.21. The number of rotatable bonds is 0. The molecule has 8 heavy (non-hydrogen) atoms. The maximum Gasteiger partial charge on any atom is 0.202 e. The molecule has 1 aliphatic heterocycles. The van der Waals surface area contributed by atoms with Crippen molar-refractivity contribution in [1.82, 2.24) is 0 Å². The van der Waals surface area contributed by atoms with Gasteiger partial charge in [-0.15, -0.1) is 0 Å². The first-order chi connectivity index (χ1) is 3.43. The summed E-state index contributed by atoms with van der Waals surface area (Å²) in [6.07, 6.45) is 0. The molecule has 1 rings (SSSR count). The van der Waals surface area contributed by atoms with Gasteiger partial charge in [0.1, 0.15) is 0 Å². The first-order valence-corrected chi connectivity index (χ1v) is 3.89. The van der Waals surface area contributed by atoms with Crippen molar-refractivity contribution >= 4 is 33.2 Å². The molecule has 0 unspecified atom stereocenters. The lowest BCUT2D eigenvalue weighted by Gasteiger charge is -1.72. The molecule has 0 amide bonds. The van der Waals surface area contributed by atoms with Gasteiger partial charge >= 0.3 is 0 Å². The molecule has 0 bridgehead atoms. The Morgan fingerprint density at radius 1 is 1.88 bits per heavy atom. The monoisotopic (exact) mass is 257 g/mol. The summed E-state index contributed by atoms with van der Waals surface area (Å²) in [5.41, 5.74) is 3.22. The van der Waals surface area contributed by atoms with E-state index in [2.05, 4.69) is 20.9 Å². The molecule has 0 spiro atoms. The summed E-state index contributed by atoms with van der Waals surface area (Å²) in [7, 11) is 0. The SMILES string of the molecule is BrC=C1CSC=[NH+]1.[Br-]. The van der Waals surface area contributed by atoms with Crippen LogP contribution < -0.4 is 22.0 Å². The fraction of sp³-hybridized carbons (Fsp3) is 0.250. The highest BCUT2D eigenvalue weighted by atomic mass is 79.9. The van der Waals surface area contributed by atoms with Crippen molar-refractivity contribution in [3.63, 3.8) is 0 Å². The summed E-state index contributed by atoms with van der Waals surface area (Å²) in [4.78, 5) is 4.96.